The van der Waals surface area contributed by atoms with Crippen molar-refractivity contribution in [3.63, 3.8) is 0 Å². The molecule has 2 aromatic carbocycles. The van der Waals surface area contributed by atoms with E-state index in [-0.39, 0.29) is 16.4 Å². The van der Waals surface area contributed by atoms with Crippen molar-refractivity contribution in [2.24, 2.45) is 0 Å². The molecule has 1 atom stereocenters. The summed E-state index contributed by atoms with van der Waals surface area (Å²) in [7, 11) is -4.38. The van der Waals surface area contributed by atoms with Gasteiger partial charge in [0.15, 0.2) is 5.60 Å². The van der Waals surface area contributed by atoms with Crippen molar-refractivity contribution in [2.45, 2.75) is 47.3 Å². The first kappa shape index (κ1) is 20.3. The van der Waals surface area contributed by atoms with Crippen LogP contribution in [0.3, 0.4) is 0 Å². The Balaban J connectivity index is 2.11. The van der Waals surface area contributed by atoms with Crippen molar-refractivity contribution in [3.8, 4) is 6.07 Å². The number of hydrogen-bond donors (Lipinski definition) is 1. The molecule has 2 aromatic rings. The molecule has 1 saturated carbocycles. The Labute approximate surface area is 159 Å². The third-order valence-electron chi connectivity index (χ3n) is 4.78. The van der Waals surface area contributed by atoms with E-state index in [1.54, 1.807) is 0 Å². The number of halogens is 4. The predicted octanol–water partition coefficient (Wildman–Crippen LogP) is 4.18. The zero-order chi connectivity index (χ0) is 20.9. The van der Waals surface area contributed by atoms with Gasteiger partial charge in [0, 0.05) is 0 Å². The first-order valence-electron chi connectivity index (χ1n) is 8.28. The second-order valence-corrected chi connectivity index (χ2v) is 8.74. The fourth-order valence-corrected chi connectivity index (χ4v) is 4.46. The highest BCUT2D eigenvalue weighted by atomic mass is 32.2. The number of benzene rings is 2. The lowest BCUT2D eigenvalue weighted by molar-refractivity contribution is -0.258. The molecule has 0 aliphatic heterocycles. The Morgan fingerprint density at radius 3 is 2.21 bits per heavy atom. The minimum absolute atomic E-state index is 0.0635. The molecule has 1 fully saturated rings. The third-order valence-corrected chi connectivity index (χ3v) is 6.64. The molecule has 0 bridgehead atoms. The minimum Gasteiger partial charge on any atom is -0.376 e. The van der Waals surface area contributed by atoms with Crippen molar-refractivity contribution >= 4 is 9.84 Å². The van der Waals surface area contributed by atoms with Gasteiger partial charge in [0.05, 0.1) is 16.5 Å². The summed E-state index contributed by atoms with van der Waals surface area (Å²) >= 11 is 0. The molecule has 0 aromatic heterocycles. The predicted molar refractivity (Wildman–Crippen MR) is 90.6 cm³/mol. The SMILES string of the molecule is C[C@](O)(c1ccc(S(=O)(=O)c2ccc(C#N)cc2C2CC2)c(F)c1)C(F)(F)F. The zero-order valence-corrected chi connectivity index (χ0v) is 15.4. The fourth-order valence-electron chi connectivity index (χ4n) is 2.88. The molecule has 3 rings (SSSR count). The number of aliphatic hydroxyl groups is 1. The van der Waals surface area contributed by atoms with Gasteiger partial charge in [-0.1, -0.05) is 6.07 Å². The molecule has 28 heavy (non-hydrogen) atoms. The number of nitriles is 1. The summed E-state index contributed by atoms with van der Waals surface area (Å²) in [6.07, 6.45) is -3.60. The molecular formula is C19H15F4NO3S. The highest BCUT2D eigenvalue weighted by Gasteiger charge is 2.51. The molecule has 0 saturated heterocycles. The van der Waals surface area contributed by atoms with Crippen LogP contribution in [0.15, 0.2) is 46.2 Å². The molecule has 1 N–H and O–H groups in total. The summed E-state index contributed by atoms with van der Waals surface area (Å²) in [6, 6.07) is 7.68. The minimum atomic E-state index is -5.06. The number of rotatable bonds is 4. The molecule has 0 amide bonds. The van der Waals surface area contributed by atoms with Gasteiger partial charge in [-0.25, -0.2) is 12.8 Å². The van der Waals surface area contributed by atoms with Crippen LogP contribution < -0.4 is 0 Å². The average molecular weight is 413 g/mol. The lowest BCUT2D eigenvalue weighted by atomic mass is 9.95. The van der Waals surface area contributed by atoms with Gasteiger partial charge < -0.3 is 5.11 Å². The van der Waals surface area contributed by atoms with Crippen LogP contribution in [0.2, 0.25) is 0 Å². The Morgan fingerprint density at radius 1 is 1.11 bits per heavy atom. The smallest absolute Gasteiger partial charge is 0.376 e. The van der Waals surface area contributed by atoms with Gasteiger partial charge in [-0.05, 0) is 67.1 Å². The third kappa shape index (κ3) is 3.38. The van der Waals surface area contributed by atoms with E-state index in [1.165, 1.54) is 18.2 Å². The molecule has 1 aliphatic carbocycles. The molecule has 1 aliphatic rings. The van der Waals surface area contributed by atoms with Crippen LogP contribution >= 0.6 is 0 Å². The second kappa shape index (κ2) is 6.57. The van der Waals surface area contributed by atoms with Crippen LogP contribution in [-0.4, -0.2) is 19.7 Å². The Bertz CT molecular complexity index is 1080. The molecule has 9 heteroatoms. The molecule has 0 spiro atoms. The van der Waals surface area contributed by atoms with Crippen molar-refractivity contribution in [2.75, 3.05) is 0 Å². The van der Waals surface area contributed by atoms with Gasteiger partial charge in [-0.2, -0.15) is 18.4 Å². The highest BCUT2D eigenvalue weighted by molar-refractivity contribution is 7.91. The molecule has 148 valence electrons. The number of hydrogen-bond acceptors (Lipinski definition) is 4. The van der Waals surface area contributed by atoms with E-state index in [1.807, 2.05) is 6.07 Å². The number of alkyl halides is 3. The van der Waals surface area contributed by atoms with Crippen molar-refractivity contribution in [1.29, 1.82) is 5.26 Å². The Kier molecular flexibility index (Phi) is 4.76. The zero-order valence-electron chi connectivity index (χ0n) is 14.6. The van der Waals surface area contributed by atoms with Crippen LogP contribution in [0.25, 0.3) is 0 Å². The second-order valence-electron chi connectivity index (χ2n) is 6.86. The van der Waals surface area contributed by atoms with Gasteiger partial charge in [-0.15, -0.1) is 0 Å². The summed E-state index contributed by atoms with van der Waals surface area (Å²) in [5, 5.41) is 18.7. The largest absolute Gasteiger partial charge is 0.421 e. The molecule has 0 radical (unpaired) electrons. The highest BCUT2D eigenvalue weighted by Crippen LogP contribution is 2.45. The van der Waals surface area contributed by atoms with E-state index in [9.17, 15) is 31.1 Å². The fraction of sp³-hybridized carbons (Fsp3) is 0.316. The van der Waals surface area contributed by atoms with E-state index in [0.717, 1.165) is 25.0 Å². The summed E-state index contributed by atoms with van der Waals surface area (Å²) in [6.45, 7) is 0.460. The topological polar surface area (TPSA) is 78.2 Å². The van der Waals surface area contributed by atoms with Gasteiger partial charge in [0.1, 0.15) is 10.7 Å². The van der Waals surface area contributed by atoms with E-state index in [0.29, 0.717) is 18.6 Å². The van der Waals surface area contributed by atoms with Crippen LogP contribution in [-0.2, 0) is 15.4 Å². The van der Waals surface area contributed by atoms with E-state index in [2.05, 4.69) is 0 Å². The first-order chi connectivity index (χ1) is 12.9. The molecule has 4 nitrogen and oxygen atoms in total. The van der Waals surface area contributed by atoms with Crippen molar-refractivity contribution in [1.82, 2.24) is 0 Å². The van der Waals surface area contributed by atoms with E-state index >= 15 is 0 Å². The summed E-state index contributed by atoms with van der Waals surface area (Å²) < 4.78 is 79.3. The van der Waals surface area contributed by atoms with Gasteiger partial charge >= 0.3 is 6.18 Å². The Morgan fingerprint density at radius 2 is 1.71 bits per heavy atom. The van der Waals surface area contributed by atoms with Gasteiger partial charge in [0.2, 0.25) is 9.84 Å². The van der Waals surface area contributed by atoms with Crippen molar-refractivity contribution < 1.29 is 31.1 Å². The van der Waals surface area contributed by atoms with Gasteiger partial charge in [0.25, 0.3) is 0 Å². The van der Waals surface area contributed by atoms with Crippen LogP contribution in [0.5, 0.6) is 0 Å². The van der Waals surface area contributed by atoms with E-state index in [4.69, 9.17) is 5.26 Å². The number of sulfone groups is 1. The maximum absolute atomic E-state index is 14.5. The summed E-state index contributed by atoms with van der Waals surface area (Å²) in [4.78, 5) is -0.968. The normalized spacial score (nSPS) is 17.0. The molecular weight excluding hydrogens is 398 g/mol. The monoisotopic (exact) mass is 413 g/mol. The van der Waals surface area contributed by atoms with Crippen LogP contribution in [0.1, 0.15) is 42.4 Å². The lowest BCUT2D eigenvalue weighted by Crippen LogP contribution is -2.39. The van der Waals surface area contributed by atoms with Crippen LogP contribution in [0.4, 0.5) is 17.6 Å². The van der Waals surface area contributed by atoms with Gasteiger partial charge in [-0.3, -0.25) is 0 Å². The average Bonchev–Trinajstić information content (AvgIpc) is 3.44. The summed E-state index contributed by atoms with van der Waals surface area (Å²) in [5.41, 5.74) is -3.48. The number of nitrogens with zero attached hydrogens (tertiary/aromatic N) is 1. The maximum atomic E-state index is 14.5. The van der Waals surface area contributed by atoms with E-state index < -0.39 is 37.9 Å². The summed E-state index contributed by atoms with van der Waals surface area (Å²) in [5.74, 6) is -1.46. The Hall–Kier alpha value is -2.44. The van der Waals surface area contributed by atoms with Crippen molar-refractivity contribution in [3.05, 3.63) is 58.9 Å². The molecule has 0 unspecified atom stereocenters. The maximum Gasteiger partial charge on any atom is 0.421 e. The first-order valence-corrected chi connectivity index (χ1v) is 9.76. The quantitative estimate of drug-likeness (QED) is 0.763. The lowest BCUT2D eigenvalue weighted by Gasteiger charge is -2.27. The molecule has 0 heterocycles. The standard InChI is InChI=1S/C19H15F4NO3S/c1-18(25,19(21,22)23)13-5-7-17(15(20)9-13)28(26,27)16-6-2-11(10-24)8-14(16)12-3-4-12/h2,5-9,12,25H,3-4H2,1H3/t18-/m0/s1. The van der Waals surface area contributed by atoms with Crippen LogP contribution in [0, 0.1) is 17.1 Å².